The second-order valence-electron chi connectivity index (χ2n) is 8.67. The zero-order valence-electron chi connectivity index (χ0n) is 19.7. The average molecular weight is 411 g/mol. The molecule has 0 aliphatic heterocycles. The van der Waals surface area contributed by atoms with Crippen LogP contribution in [0.25, 0.3) is 0 Å². The van der Waals surface area contributed by atoms with Crippen molar-refractivity contribution < 1.29 is 14.3 Å². The van der Waals surface area contributed by atoms with Gasteiger partial charge in [-0.1, -0.05) is 110 Å². The molecule has 1 atom stereocenters. The Morgan fingerprint density at radius 2 is 1.17 bits per heavy atom. The molecule has 1 unspecified atom stereocenters. The molecule has 0 aromatic rings. The summed E-state index contributed by atoms with van der Waals surface area (Å²) in [6.45, 7) is 4.91. The Morgan fingerprint density at radius 3 is 1.66 bits per heavy atom. The summed E-state index contributed by atoms with van der Waals surface area (Å²) in [4.78, 5) is 22.4. The number of hydrogen-bond donors (Lipinski definition) is 0. The highest BCUT2D eigenvalue weighted by molar-refractivity contribution is 5.72. The topological polar surface area (TPSA) is 43.4 Å². The van der Waals surface area contributed by atoms with E-state index in [0.29, 0.717) is 6.61 Å². The van der Waals surface area contributed by atoms with Crippen molar-refractivity contribution in [2.45, 2.75) is 142 Å². The molecule has 0 amide bonds. The fourth-order valence-electron chi connectivity index (χ4n) is 3.87. The predicted octanol–water partition coefficient (Wildman–Crippen LogP) is 8.19. The predicted molar refractivity (Wildman–Crippen MR) is 124 cm³/mol. The van der Waals surface area contributed by atoms with Gasteiger partial charge >= 0.3 is 5.97 Å². The molecule has 0 aliphatic carbocycles. The molecular formula is C26H50O3. The number of hydrogen-bond acceptors (Lipinski definition) is 3. The first-order chi connectivity index (χ1) is 14.3. The second-order valence-corrected chi connectivity index (χ2v) is 8.67. The van der Waals surface area contributed by atoms with Crippen LogP contribution in [0.4, 0.5) is 0 Å². The van der Waals surface area contributed by atoms with Crippen LogP contribution >= 0.6 is 0 Å². The van der Waals surface area contributed by atoms with Gasteiger partial charge in [0.2, 0.25) is 0 Å². The van der Waals surface area contributed by atoms with Gasteiger partial charge in [-0.3, -0.25) is 4.79 Å². The third-order valence-electron chi connectivity index (χ3n) is 5.94. The first-order valence-electron chi connectivity index (χ1n) is 12.9. The van der Waals surface area contributed by atoms with Crippen LogP contribution in [0, 0.1) is 5.92 Å². The lowest BCUT2D eigenvalue weighted by atomic mass is 9.97. The van der Waals surface area contributed by atoms with E-state index in [1.54, 1.807) is 0 Å². The number of aldehydes is 1. The molecule has 0 radical (unpaired) electrons. The summed E-state index contributed by atoms with van der Waals surface area (Å²) in [5.41, 5.74) is 0. The highest BCUT2D eigenvalue weighted by Gasteiger charge is 2.17. The molecule has 0 aliphatic rings. The molecule has 0 bridgehead atoms. The fraction of sp³-hybridized carbons (Fsp3) is 0.923. The number of ether oxygens (including phenoxy) is 1. The Balaban J connectivity index is 3.38. The van der Waals surface area contributed by atoms with E-state index in [-0.39, 0.29) is 11.9 Å². The van der Waals surface area contributed by atoms with Crippen molar-refractivity contribution in [1.29, 1.82) is 0 Å². The lowest BCUT2D eigenvalue weighted by Crippen LogP contribution is -2.17. The van der Waals surface area contributed by atoms with Crippen molar-refractivity contribution in [3.8, 4) is 0 Å². The molecule has 0 heterocycles. The first kappa shape index (κ1) is 28.1. The zero-order valence-corrected chi connectivity index (χ0v) is 19.7. The molecule has 3 nitrogen and oxygen atoms in total. The lowest BCUT2D eigenvalue weighted by molar-refractivity contribution is -0.149. The second kappa shape index (κ2) is 23.4. The van der Waals surface area contributed by atoms with Crippen LogP contribution in [0.5, 0.6) is 0 Å². The molecule has 0 spiro atoms. The van der Waals surface area contributed by atoms with Crippen molar-refractivity contribution in [3.05, 3.63) is 0 Å². The summed E-state index contributed by atoms with van der Waals surface area (Å²) >= 11 is 0. The Bertz CT molecular complexity index is 354. The quantitative estimate of drug-likeness (QED) is 0.0968. The first-order valence-corrected chi connectivity index (χ1v) is 12.9. The van der Waals surface area contributed by atoms with Gasteiger partial charge in [0.1, 0.15) is 6.29 Å². The standard InChI is InChI=1S/C26H50O3/c1-3-5-6-21-24-29-26(28)25(4-2)22-19-17-15-13-11-9-7-8-10-12-14-16-18-20-23-27/h23,25H,3-22,24H2,1-2H3. The molecule has 0 aromatic heterocycles. The SMILES string of the molecule is CCCCCCOC(=O)C(CC)CCCCCCCCCCCCCCCC=O. The van der Waals surface area contributed by atoms with Crippen LogP contribution < -0.4 is 0 Å². The van der Waals surface area contributed by atoms with Crippen molar-refractivity contribution in [3.63, 3.8) is 0 Å². The molecule has 0 aromatic carbocycles. The van der Waals surface area contributed by atoms with Crippen molar-refractivity contribution in [1.82, 2.24) is 0 Å². The van der Waals surface area contributed by atoms with Crippen LogP contribution in [-0.2, 0) is 14.3 Å². The number of carbonyl (C=O) groups is 2. The average Bonchev–Trinajstić information content (AvgIpc) is 2.73. The Kier molecular flexibility index (Phi) is 22.7. The third kappa shape index (κ3) is 20.2. The monoisotopic (exact) mass is 410 g/mol. The Hall–Kier alpha value is -0.860. The van der Waals surface area contributed by atoms with Crippen molar-refractivity contribution in [2.75, 3.05) is 6.61 Å². The molecule has 3 heteroatoms. The van der Waals surface area contributed by atoms with E-state index in [9.17, 15) is 9.59 Å². The largest absolute Gasteiger partial charge is 0.465 e. The maximum Gasteiger partial charge on any atom is 0.308 e. The van der Waals surface area contributed by atoms with Crippen molar-refractivity contribution in [2.24, 2.45) is 5.92 Å². The molecule has 0 fully saturated rings. The maximum atomic E-state index is 12.1. The summed E-state index contributed by atoms with van der Waals surface area (Å²) in [5, 5.41) is 0. The van der Waals surface area contributed by atoms with Gasteiger partial charge in [-0.25, -0.2) is 0 Å². The molecule has 0 saturated carbocycles. The molecule has 29 heavy (non-hydrogen) atoms. The molecule has 0 saturated heterocycles. The van der Waals surface area contributed by atoms with Gasteiger partial charge in [0.15, 0.2) is 0 Å². The van der Waals surface area contributed by atoms with E-state index in [2.05, 4.69) is 13.8 Å². The summed E-state index contributed by atoms with van der Waals surface area (Å²) in [5.74, 6) is 0.146. The number of carbonyl (C=O) groups excluding carboxylic acids is 2. The van der Waals surface area contributed by atoms with Gasteiger partial charge in [0.25, 0.3) is 0 Å². The van der Waals surface area contributed by atoms with Gasteiger partial charge in [0, 0.05) is 6.42 Å². The highest BCUT2D eigenvalue weighted by Crippen LogP contribution is 2.18. The van der Waals surface area contributed by atoms with Crippen LogP contribution in [0.3, 0.4) is 0 Å². The summed E-state index contributed by atoms with van der Waals surface area (Å²) in [7, 11) is 0. The van der Waals surface area contributed by atoms with E-state index in [1.165, 1.54) is 89.9 Å². The van der Waals surface area contributed by atoms with Gasteiger partial charge < -0.3 is 9.53 Å². The minimum atomic E-state index is 0.0349. The van der Waals surface area contributed by atoms with Crippen LogP contribution in [-0.4, -0.2) is 18.9 Å². The zero-order chi connectivity index (χ0) is 21.4. The van der Waals surface area contributed by atoms with E-state index in [4.69, 9.17) is 4.74 Å². The van der Waals surface area contributed by atoms with Gasteiger partial charge in [-0.05, 0) is 25.7 Å². The summed E-state index contributed by atoms with van der Waals surface area (Å²) in [6.07, 6.45) is 25.1. The number of unbranched alkanes of at least 4 members (excludes halogenated alkanes) is 16. The maximum absolute atomic E-state index is 12.1. The van der Waals surface area contributed by atoms with E-state index in [1.807, 2.05) is 0 Å². The minimum absolute atomic E-state index is 0.0349. The van der Waals surface area contributed by atoms with Crippen LogP contribution in [0.15, 0.2) is 0 Å². The highest BCUT2D eigenvalue weighted by atomic mass is 16.5. The number of rotatable bonds is 23. The molecule has 172 valence electrons. The minimum Gasteiger partial charge on any atom is -0.465 e. The number of esters is 1. The van der Waals surface area contributed by atoms with Crippen molar-refractivity contribution >= 4 is 12.3 Å². The van der Waals surface area contributed by atoms with E-state index >= 15 is 0 Å². The summed E-state index contributed by atoms with van der Waals surface area (Å²) < 4.78 is 5.46. The third-order valence-corrected chi connectivity index (χ3v) is 5.94. The fourth-order valence-corrected chi connectivity index (χ4v) is 3.87. The normalized spacial score (nSPS) is 12.1. The molecule has 0 N–H and O–H groups in total. The van der Waals surface area contributed by atoms with Gasteiger partial charge in [-0.2, -0.15) is 0 Å². The Morgan fingerprint density at radius 1 is 0.690 bits per heavy atom. The molecule has 0 rings (SSSR count). The van der Waals surface area contributed by atoms with E-state index in [0.717, 1.165) is 44.8 Å². The summed E-state index contributed by atoms with van der Waals surface area (Å²) in [6, 6.07) is 0. The van der Waals surface area contributed by atoms with Gasteiger partial charge in [-0.15, -0.1) is 0 Å². The lowest BCUT2D eigenvalue weighted by Gasteiger charge is -2.14. The smallest absolute Gasteiger partial charge is 0.308 e. The Labute approximate surface area is 181 Å². The van der Waals surface area contributed by atoms with Crippen LogP contribution in [0.2, 0.25) is 0 Å². The van der Waals surface area contributed by atoms with Crippen LogP contribution in [0.1, 0.15) is 142 Å². The van der Waals surface area contributed by atoms with Gasteiger partial charge in [0.05, 0.1) is 12.5 Å². The van der Waals surface area contributed by atoms with E-state index < -0.39 is 0 Å². The molecular weight excluding hydrogens is 360 g/mol.